The number of rotatable bonds is 0. The maximum atomic E-state index is 6.71. The minimum absolute atomic E-state index is 0.00368. The zero-order chi connectivity index (χ0) is 17.4. The molecule has 1 aromatic carbocycles. The predicted molar refractivity (Wildman–Crippen MR) is 102 cm³/mol. The quantitative estimate of drug-likeness (QED) is 0.645. The van der Waals surface area contributed by atoms with Crippen molar-refractivity contribution in [2.24, 2.45) is 17.3 Å². The van der Waals surface area contributed by atoms with Crippen molar-refractivity contribution in [1.82, 2.24) is 4.98 Å². The summed E-state index contributed by atoms with van der Waals surface area (Å²) in [6.45, 7) is 2.55. The standard InChI is InChI=1S/C24H27NO/c1-23-12-10-18-17-6-3-2-5-16(17)8-9-19(18)20(23)11-13-24(23)15-21-22(26-24)7-4-14-25-21/h2-7,14,18-20H,8-13,15H2,1H3/t18-,19-,20+,23+,24-/m1/s1. The molecule has 0 unspecified atom stereocenters. The van der Waals surface area contributed by atoms with Crippen molar-refractivity contribution >= 4 is 0 Å². The van der Waals surface area contributed by atoms with Crippen LogP contribution in [0.2, 0.25) is 0 Å². The maximum Gasteiger partial charge on any atom is 0.141 e. The molecule has 5 atom stereocenters. The smallest absolute Gasteiger partial charge is 0.141 e. The van der Waals surface area contributed by atoms with Crippen LogP contribution >= 0.6 is 0 Å². The lowest BCUT2D eigenvalue weighted by atomic mass is 9.53. The van der Waals surface area contributed by atoms with Crippen molar-refractivity contribution in [3.8, 4) is 5.75 Å². The second kappa shape index (κ2) is 5.12. The first-order chi connectivity index (χ1) is 12.7. The molecule has 0 N–H and O–H groups in total. The van der Waals surface area contributed by atoms with Gasteiger partial charge in [-0.25, -0.2) is 0 Å². The van der Waals surface area contributed by atoms with Crippen LogP contribution in [0.4, 0.5) is 0 Å². The number of hydrogen-bond acceptors (Lipinski definition) is 2. The van der Waals surface area contributed by atoms with Gasteiger partial charge in [0.25, 0.3) is 0 Å². The van der Waals surface area contributed by atoms with E-state index in [-0.39, 0.29) is 5.60 Å². The zero-order valence-electron chi connectivity index (χ0n) is 15.6. The van der Waals surface area contributed by atoms with Crippen LogP contribution in [-0.4, -0.2) is 10.6 Å². The zero-order valence-corrected chi connectivity index (χ0v) is 15.6. The van der Waals surface area contributed by atoms with E-state index in [9.17, 15) is 0 Å². The molecule has 2 aromatic rings. The molecule has 134 valence electrons. The normalized spacial score (nSPS) is 39.7. The lowest BCUT2D eigenvalue weighted by molar-refractivity contribution is -0.0725. The van der Waals surface area contributed by atoms with Crippen molar-refractivity contribution in [1.29, 1.82) is 0 Å². The monoisotopic (exact) mass is 345 g/mol. The van der Waals surface area contributed by atoms with E-state index in [1.54, 1.807) is 11.1 Å². The largest absolute Gasteiger partial charge is 0.484 e. The number of aromatic nitrogens is 1. The number of aryl methyl sites for hydroxylation is 1. The molecule has 6 rings (SSSR count). The van der Waals surface area contributed by atoms with Crippen LogP contribution in [0.15, 0.2) is 42.6 Å². The van der Waals surface area contributed by atoms with Crippen LogP contribution in [0.5, 0.6) is 5.75 Å². The fourth-order valence-electron chi connectivity index (χ4n) is 7.24. The highest BCUT2D eigenvalue weighted by Crippen LogP contribution is 2.67. The van der Waals surface area contributed by atoms with Gasteiger partial charge in [0.15, 0.2) is 0 Å². The molecule has 1 aromatic heterocycles. The molecule has 2 saturated carbocycles. The summed E-state index contributed by atoms with van der Waals surface area (Å²) in [7, 11) is 0. The molecule has 0 bridgehead atoms. The summed E-state index contributed by atoms with van der Waals surface area (Å²) in [5, 5.41) is 0. The molecule has 0 radical (unpaired) electrons. The third kappa shape index (κ3) is 1.81. The number of hydrogen-bond donors (Lipinski definition) is 0. The lowest BCUT2D eigenvalue weighted by Gasteiger charge is -2.53. The van der Waals surface area contributed by atoms with Gasteiger partial charge in [0.1, 0.15) is 11.4 Å². The third-order valence-corrected chi connectivity index (χ3v) is 8.54. The Kier molecular flexibility index (Phi) is 3.00. The summed E-state index contributed by atoms with van der Waals surface area (Å²) < 4.78 is 6.71. The van der Waals surface area contributed by atoms with Gasteiger partial charge in [-0.05, 0) is 79.5 Å². The minimum atomic E-state index is -0.00368. The van der Waals surface area contributed by atoms with E-state index in [0.29, 0.717) is 5.41 Å². The van der Waals surface area contributed by atoms with Gasteiger partial charge < -0.3 is 4.74 Å². The van der Waals surface area contributed by atoms with E-state index < -0.39 is 0 Å². The fourth-order valence-corrected chi connectivity index (χ4v) is 7.24. The van der Waals surface area contributed by atoms with E-state index in [1.807, 2.05) is 12.3 Å². The van der Waals surface area contributed by atoms with Crippen LogP contribution in [0, 0.1) is 17.3 Å². The van der Waals surface area contributed by atoms with E-state index in [4.69, 9.17) is 4.74 Å². The number of benzene rings is 1. The molecule has 2 nitrogen and oxygen atoms in total. The molecule has 2 heteroatoms. The Morgan fingerprint density at radius 2 is 1.96 bits per heavy atom. The molecular formula is C24H27NO. The summed E-state index contributed by atoms with van der Waals surface area (Å²) in [4.78, 5) is 4.63. The molecule has 0 amide bonds. The lowest BCUT2D eigenvalue weighted by Crippen LogP contribution is -2.53. The summed E-state index contributed by atoms with van der Waals surface area (Å²) in [6.07, 6.45) is 10.7. The molecule has 0 saturated heterocycles. The Bertz CT molecular complexity index is 849. The molecular weight excluding hydrogens is 318 g/mol. The summed E-state index contributed by atoms with van der Waals surface area (Å²) >= 11 is 0. The average molecular weight is 345 g/mol. The highest BCUT2D eigenvalue weighted by atomic mass is 16.5. The van der Waals surface area contributed by atoms with Gasteiger partial charge in [-0.15, -0.1) is 0 Å². The van der Waals surface area contributed by atoms with Gasteiger partial charge in [0.05, 0.1) is 5.69 Å². The minimum Gasteiger partial charge on any atom is -0.484 e. The second-order valence-corrected chi connectivity index (χ2v) is 9.33. The first-order valence-corrected chi connectivity index (χ1v) is 10.4. The summed E-state index contributed by atoms with van der Waals surface area (Å²) in [5.41, 5.74) is 4.74. The Hall–Kier alpha value is -1.83. The fraction of sp³-hybridized carbons (Fsp3) is 0.542. The first-order valence-electron chi connectivity index (χ1n) is 10.4. The second-order valence-electron chi connectivity index (χ2n) is 9.33. The topological polar surface area (TPSA) is 22.1 Å². The van der Waals surface area contributed by atoms with Gasteiger partial charge in [-0.3, -0.25) is 4.98 Å². The van der Waals surface area contributed by atoms with Crippen LogP contribution in [0.3, 0.4) is 0 Å². The van der Waals surface area contributed by atoms with Crippen LogP contribution in [0.1, 0.15) is 61.8 Å². The predicted octanol–water partition coefficient (Wildman–Crippen LogP) is 5.31. The summed E-state index contributed by atoms with van der Waals surface area (Å²) in [6, 6.07) is 13.4. The van der Waals surface area contributed by atoms with Crippen molar-refractivity contribution in [2.45, 2.75) is 63.4 Å². The van der Waals surface area contributed by atoms with E-state index >= 15 is 0 Å². The molecule has 2 heterocycles. The van der Waals surface area contributed by atoms with Gasteiger partial charge in [-0.2, -0.15) is 0 Å². The number of ether oxygens (including phenoxy) is 1. The van der Waals surface area contributed by atoms with Crippen LogP contribution < -0.4 is 4.74 Å². The number of pyridine rings is 1. The number of fused-ring (bicyclic) bond motifs is 7. The molecule has 2 fully saturated rings. The Morgan fingerprint density at radius 1 is 1.04 bits per heavy atom. The van der Waals surface area contributed by atoms with Crippen molar-refractivity contribution in [2.75, 3.05) is 0 Å². The highest BCUT2D eigenvalue weighted by Gasteiger charge is 2.65. The van der Waals surface area contributed by atoms with E-state index in [0.717, 1.165) is 29.9 Å². The first kappa shape index (κ1) is 15.2. The molecule has 1 aliphatic heterocycles. The van der Waals surface area contributed by atoms with Gasteiger partial charge in [0.2, 0.25) is 0 Å². The van der Waals surface area contributed by atoms with Crippen molar-refractivity contribution < 1.29 is 4.74 Å². The third-order valence-electron chi connectivity index (χ3n) is 8.54. The van der Waals surface area contributed by atoms with Gasteiger partial charge >= 0.3 is 0 Å². The summed E-state index contributed by atoms with van der Waals surface area (Å²) in [5.74, 6) is 3.45. The SMILES string of the molecule is C[C@]12CC[C@@H]3c4ccccc4CC[C@H]3[C@@H]1CC[C@@]21Cc2ncccc2O1. The van der Waals surface area contributed by atoms with Crippen LogP contribution in [-0.2, 0) is 12.8 Å². The van der Waals surface area contributed by atoms with Gasteiger partial charge in [-0.1, -0.05) is 31.2 Å². The molecule has 4 aliphatic rings. The average Bonchev–Trinajstić information content (AvgIpc) is 3.19. The van der Waals surface area contributed by atoms with E-state index in [1.165, 1.54) is 44.2 Å². The van der Waals surface area contributed by atoms with E-state index in [2.05, 4.69) is 42.2 Å². The Labute approximate surface area is 156 Å². The maximum absolute atomic E-state index is 6.71. The number of nitrogens with zero attached hydrogens (tertiary/aromatic N) is 1. The molecule has 3 aliphatic carbocycles. The van der Waals surface area contributed by atoms with Crippen LogP contribution in [0.25, 0.3) is 0 Å². The van der Waals surface area contributed by atoms with Crippen molar-refractivity contribution in [3.05, 3.63) is 59.4 Å². The Balaban J connectivity index is 1.37. The Morgan fingerprint density at radius 3 is 2.88 bits per heavy atom. The van der Waals surface area contributed by atoms with Crippen molar-refractivity contribution in [3.63, 3.8) is 0 Å². The molecule has 26 heavy (non-hydrogen) atoms. The molecule has 1 spiro atoms. The van der Waals surface area contributed by atoms with Gasteiger partial charge in [0, 0.05) is 18.0 Å². The highest BCUT2D eigenvalue weighted by molar-refractivity contribution is 5.39.